The number of imidazole rings is 1. The molecule has 4 nitrogen and oxygen atoms in total. The topological polar surface area (TPSA) is 42.7 Å². The van der Waals surface area contributed by atoms with Crippen LogP contribution < -0.4 is 5.32 Å². The van der Waals surface area contributed by atoms with Gasteiger partial charge in [0.25, 0.3) is 0 Å². The van der Waals surface area contributed by atoms with Crippen LogP contribution in [0.4, 0.5) is 5.82 Å². The zero-order valence-electron chi connectivity index (χ0n) is 10.5. The molecule has 17 heavy (non-hydrogen) atoms. The first-order chi connectivity index (χ1) is 7.99. The van der Waals surface area contributed by atoms with E-state index in [1.165, 1.54) is 0 Å². The molecule has 0 aliphatic rings. The number of pyridine rings is 1. The van der Waals surface area contributed by atoms with Gasteiger partial charge in [-0.1, -0.05) is 0 Å². The lowest BCUT2D eigenvalue weighted by Crippen LogP contribution is -2.13. The van der Waals surface area contributed by atoms with Gasteiger partial charge in [0.1, 0.15) is 10.1 Å². The summed E-state index contributed by atoms with van der Waals surface area (Å²) in [5.74, 6) is 0.885. The number of rotatable bonds is 3. The molecule has 0 aromatic carbocycles. The van der Waals surface area contributed by atoms with Gasteiger partial charge in [-0.3, -0.25) is 0 Å². The van der Waals surface area contributed by atoms with E-state index in [4.69, 9.17) is 0 Å². The van der Waals surface area contributed by atoms with Gasteiger partial charge in [-0.2, -0.15) is 0 Å². The maximum Gasteiger partial charge on any atom is 0.153 e. The van der Waals surface area contributed by atoms with Crippen LogP contribution in [0.15, 0.2) is 17.0 Å². The summed E-state index contributed by atoms with van der Waals surface area (Å²) in [5, 5.41) is 3.37. The molecular weight excluding hydrogens is 280 g/mol. The zero-order chi connectivity index (χ0) is 12.6. The van der Waals surface area contributed by atoms with Crippen molar-refractivity contribution in [3.8, 4) is 0 Å². The van der Waals surface area contributed by atoms with Gasteiger partial charge in [-0.05, 0) is 49.7 Å². The fourth-order valence-electron chi connectivity index (χ4n) is 1.80. The Morgan fingerprint density at radius 1 is 1.29 bits per heavy atom. The number of fused-ring (bicyclic) bond motifs is 1. The van der Waals surface area contributed by atoms with Gasteiger partial charge in [0.2, 0.25) is 0 Å². The summed E-state index contributed by atoms with van der Waals surface area (Å²) in [6, 6.07) is 2.66. The minimum Gasteiger partial charge on any atom is -0.366 e. The molecule has 0 amide bonds. The summed E-state index contributed by atoms with van der Waals surface area (Å²) < 4.78 is 2.95. The molecule has 0 aliphatic heterocycles. The largest absolute Gasteiger partial charge is 0.366 e. The standard InChI is InChI=1S/C12H17BrN4/c1-7(2)15-12-11-9(5-10(13)16-12)14-6-17(11)8(3)4/h5-8H,1-4H3,(H,15,16). The van der Waals surface area contributed by atoms with Gasteiger partial charge in [0.05, 0.1) is 11.8 Å². The van der Waals surface area contributed by atoms with Gasteiger partial charge in [-0.15, -0.1) is 0 Å². The normalized spacial score (nSPS) is 11.7. The van der Waals surface area contributed by atoms with Crippen molar-refractivity contribution in [3.05, 3.63) is 17.0 Å². The summed E-state index contributed by atoms with van der Waals surface area (Å²) in [5.41, 5.74) is 2.03. The maximum atomic E-state index is 4.50. The van der Waals surface area contributed by atoms with Gasteiger partial charge in [-0.25, -0.2) is 9.97 Å². The monoisotopic (exact) mass is 296 g/mol. The van der Waals surface area contributed by atoms with E-state index in [1.807, 2.05) is 12.4 Å². The summed E-state index contributed by atoms with van der Waals surface area (Å²) in [7, 11) is 0. The average molecular weight is 297 g/mol. The van der Waals surface area contributed by atoms with Crippen LogP contribution in [-0.2, 0) is 0 Å². The fraction of sp³-hybridized carbons (Fsp3) is 0.500. The Hall–Kier alpha value is -1.10. The lowest BCUT2D eigenvalue weighted by atomic mass is 10.3. The van der Waals surface area contributed by atoms with Gasteiger partial charge in [0.15, 0.2) is 5.82 Å². The van der Waals surface area contributed by atoms with Crippen LogP contribution in [0.2, 0.25) is 0 Å². The molecule has 0 radical (unpaired) electrons. The second kappa shape index (κ2) is 4.64. The molecule has 0 bridgehead atoms. The quantitative estimate of drug-likeness (QED) is 0.880. The van der Waals surface area contributed by atoms with Crippen molar-refractivity contribution >= 4 is 32.8 Å². The Balaban J connectivity index is 2.65. The number of nitrogens with one attached hydrogen (secondary N) is 1. The first-order valence-electron chi connectivity index (χ1n) is 5.78. The first kappa shape index (κ1) is 12.4. The van der Waals surface area contributed by atoms with Crippen molar-refractivity contribution in [2.45, 2.75) is 39.8 Å². The number of halogens is 1. The molecule has 0 aliphatic carbocycles. The smallest absolute Gasteiger partial charge is 0.153 e. The summed E-state index contributed by atoms with van der Waals surface area (Å²) in [4.78, 5) is 8.92. The Morgan fingerprint density at radius 2 is 2.00 bits per heavy atom. The van der Waals surface area contributed by atoms with Crippen molar-refractivity contribution in [2.24, 2.45) is 0 Å². The molecule has 92 valence electrons. The average Bonchev–Trinajstić information content (AvgIpc) is 2.59. The van der Waals surface area contributed by atoms with Crippen molar-refractivity contribution in [2.75, 3.05) is 5.32 Å². The molecule has 1 N–H and O–H groups in total. The van der Waals surface area contributed by atoms with Crippen LogP contribution >= 0.6 is 15.9 Å². The summed E-state index contributed by atoms with van der Waals surface area (Å²) in [6.07, 6.45) is 1.87. The SMILES string of the molecule is CC(C)Nc1nc(Br)cc2ncn(C(C)C)c12. The highest BCUT2D eigenvalue weighted by Crippen LogP contribution is 2.27. The summed E-state index contributed by atoms with van der Waals surface area (Å²) >= 11 is 3.42. The van der Waals surface area contributed by atoms with E-state index < -0.39 is 0 Å². The van der Waals surface area contributed by atoms with Crippen molar-refractivity contribution in [3.63, 3.8) is 0 Å². The van der Waals surface area contributed by atoms with Crippen LogP contribution in [0.1, 0.15) is 33.7 Å². The highest BCUT2D eigenvalue weighted by Gasteiger charge is 2.13. The van der Waals surface area contributed by atoms with Gasteiger partial charge < -0.3 is 9.88 Å². The number of hydrogen-bond acceptors (Lipinski definition) is 3. The Bertz CT molecular complexity index is 531. The van der Waals surface area contributed by atoms with E-state index in [0.29, 0.717) is 12.1 Å². The van der Waals surface area contributed by atoms with Gasteiger partial charge in [0, 0.05) is 12.1 Å². The molecule has 2 heterocycles. The van der Waals surface area contributed by atoms with E-state index in [9.17, 15) is 0 Å². The van der Waals surface area contributed by atoms with Gasteiger partial charge >= 0.3 is 0 Å². The van der Waals surface area contributed by atoms with Crippen LogP contribution in [0.3, 0.4) is 0 Å². The highest BCUT2D eigenvalue weighted by atomic mass is 79.9. The van der Waals surface area contributed by atoms with E-state index in [1.54, 1.807) is 0 Å². The highest BCUT2D eigenvalue weighted by molar-refractivity contribution is 9.10. The second-order valence-electron chi connectivity index (χ2n) is 4.71. The van der Waals surface area contributed by atoms with Crippen LogP contribution in [0, 0.1) is 0 Å². The second-order valence-corrected chi connectivity index (χ2v) is 5.52. The van der Waals surface area contributed by atoms with Crippen molar-refractivity contribution < 1.29 is 0 Å². The third-order valence-electron chi connectivity index (χ3n) is 2.50. The predicted octanol–water partition coefficient (Wildman–Crippen LogP) is 3.60. The predicted molar refractivity (Wildman–Crippen MR) is 74.4 cm³/mol. The maximum absolute atomic E-state index is 4.50. The third-order valence-corrected chi connectivity index (χ3v) is 2.91. The number of hydrogen-bond donors (Lipinski definition) is 1. The number of nitrogens with zero attached hydrogens (tertiary/aromatic N) is 3. The van der Waals surface area contributed by atoms with Crippen molar-refractivity contribution in [1.82, 2.24) is 14.5 Å². The molecule has 5 heteroatoms. The van der Waals surface area contributed by atoms with E-state index in [2.05, 4.69) is 63.5 Å². The van der Waals surface area contributed by atoms with Crippen LogP contribution in [-0.4, -0.2) is 20.6 Å². The number of aromatic nitrogens is 3. The fourth-order valence-corrected chi connectivity index (χ4v) is 2.19. The lowest BCUT2D eigenvalue weighted by Gasteiger charge is -2.14. The molecule has 0 unspecified atom stereocenters. The molecule has 2 rings (SSSR count). The Labute approximate surface area is 110 Å². The Morgan fingerprint density at radius 3 is 2.59 bits per heavy atom. The molecule has 0 fully saturated rings. The van der Waals surface area contributed by atoms with Crippen LogP contribution in [0.5, 0.6) is 0 Å². The lowest BCUT2D eigenvalue weighted by molar-refractivity contribution is 0.617. The summed E-state index contributed by atoms with van der Waals surface area (Å²) in [6.45, 7) is 8.49. The minimum absolute atomic E-state index is 0.343. The van der Waals surface area contributed by atoms with E-state index in [-0.39, 0.29) is 0 Å². The first-order valence-corrected chi connectivity index (χ1v) is 6.58. The molecule has 0 spiro atoms. The molecule has 2 aromatic rings. The molecule has 2 aromatic heterocycles. The zero-order valence-corrected chi connectivity index (χ0v) is 12.1. The molecule has 0 saturated heterocycles. The number of anilines is 1. The minimum atomic E-state index is 0.343. The van der Waals surface area contributed by atoms with Crippen LogP contribution in [0.25, 0.3) is 11.0 Å². The van der Waals surface area contributed by atoms with E-state index >= 15 is 0 Å². The Kier molecular flexibility index (Phi) is 3.38. The van der Waals surface area contributed by atoms with E-state index in [0.717, 1.165) is 21.5 Å². The third kappa shape index (κ3) is 2.44. The van der Waals surface area contributed by atoms with Crippen molar-refractivity contribution in [1.29, 1.82) is 0 Å². The molecular formula is C12H17BrN4. The molecule has 0 saturated carbocycles. The molecule has 0 atom stereocenters.